The van der Waals surface area contributed by atoms with Gasteiger partial charge in [-0.3, -0.25) is 19.2 Å². The molecule has 3 heterocycles. The van der Waals surface area contributed by atoms with Crippen LogP contribution in [0.25, 0.3) is 0 Å². The van der Waals surface area contributed by atoms with Crippen molar-refractivity contribution in [3.8, 4) is 0 Å². The highest BCUT2D eigenvalue weighted by molar-refractivity contribution is 5.99. The first-order chi connectivity index (χ1) is 25.4. The lowest BCUT2D eigenvalue weighted by molar-refractivity contribution is -0.139. The van der Waals surface area contributed by atoms with E-state index in [1.165, 1.54) is 16.9 Å². The molecule has 3 aliphatic rings. The molecular weight excluding hydrogens is 682 g/mol. The minimum atomic E-state index is -1.28. The van der Waals surface area contributed by atoms with Crippen LogP contribution in [0.3, 0.4) is 0 Å². The van der Waals surface area contributed by atoms with E-state index in [0.717, 1.165) is 24.0 Å². The van der Waals surface area contributed by atoms with Crippen LogP contribution in [0.15, 0.2) is 48.5 Å². The molecule has 6 atom stereocenters. The largest absolute Gasteiger partial charge is 0.465 e. The van der Waals surface area contributed by atoms with Crippen molar-refractivity contribution in [1.29, 1.82) is 0 Å². The lowest BCUT2D eigenvalue weighted by Gasteiger charge is -2.29. The van der Waals surface area contributed by atoms with E-state index in [1.807, 2.05) is 48.5 Å². The van der Waals surface area contributed by atoms with Crippen LogP contribution in [-0.4, -0.2) is 95.1 Å². The summed E-state index contributed by atoms with van der Waals surface area (Å²) in [6, 6.07) is 12.6. The highest BCUT2D eigenvalue weighted by atomic mass is 16.5. The molecule has 0 aliphatic carbocycles. The summed E-state index contributed by atoms with van der Waals surface area (Å²) >= 11 is 0. The van der Waals surface area contributed by atoms with Gasteiger partial charge in [0, 0.05) is 36.5 Å². The molecule has 1 unspecified atom stereocenters. The van der Waals surface area contributed by atoms with Gasteiger partial charge in [-0.2, -0.15) is 0 Å². The minimum absolute atomic E-state index is 0.105. The number of carbonyl (C=O) groups excluding carboxylic acids is 5. The zero-order chi connectivity index (χ0) is 38.2. The third kappa shape index (κ3) is 9.44. The summed E-state index contributed by atoms with van der Waals surface area (Å²) < 4.78 is 4.64. The van der Waals surface area contributed by atoms with Crippen LogP contribution in [0.5, 0.6) is 0 Å². The predicted molar refractivity (Wildman–Crippen MR) is 197 cm³/mol. The number of carboxylic acid groups (broad SMARTS) is 1. The molecule has 0 aromatic heterocycles. The average Bonchev–Trinajstić information content (AvgIpc) is 3.94. The number of likely N-dealkylation sites (tertiary alicyclic amines) is 2. The number of amides is 6. The minimum Gasteiger partial charge on any atom is -0.465 e. The molecule has 0 radical (unpaired) electrons. The van der Waals surface area contributed by atoms with E-state index >= 15 is 0 Å². The Morgan fingerprint density at radius 1 is 0.755 bits per heavy atom. The number of benzene rings is 2. The zero-order valence-corrected chi connectivity index (χ0v) is 30.7. The molecule has 286 valence electrons. The van der Waals surface area contributed by atoms with Gasteiger partial charge >= 0.3 is 12.2 Å². The third-order valence-electron chi connectivity index (χ3n) is 10.4. The van der Waals surface area contributed by atoms with Crippen molar-refractivity contribution in [3.63, 3.8) is 0 Å². The van der Waals surface area contributed by atoms with Gasteiger partial charge in [0.15, 0.2) is 0 Å². The van der Waals surface area contributed by atoms with Crippen molar-refractivity contribution in [1.82, 2.24) is 25.8 Å². The van der Waals surface area contributed by atoms with Gasteiger partial charge in [-0.15, -0.1) is 0 Å². The number of alkyl carbamates (subject to hydrolysis) is 1. The first kappa shape index (κ1) is 39.0. The molecule has 15 nitrogen and oxygen atoms in total. The molecule has 3 aliphatic heterocycles. The number of nitrogens with zero attached hydrogens (tertiary/aromatic N) is 2. The Morgan fingerprint density at radius 2 is 1.23 bits per heavy atom. The molecule has 0 bridgehead atoms. The molecular formula is C38H51N7O8. The Kier molecular flexibility index (Phi) is 12.9. The van der Waals surface area contributed by atoms with Gasteiger partial charge in [0.2, 0.25) is 23.6 Å². The number of methoxy groups -OCH3 is 1. The molecule has 6 N–H and O–H groups in total. The topological polar surface area (TPSA) is 199 Å². The lowest BCUT2D eigenvalue weighted by atomic mass is 10.0. The van der Waals surface area contributed by atoms with Gasteiger partial charge in [-0.05, 0) is 86.3 Å². The Labute approximate surface area is 309 Å². The van der Waals surface area contributed by atoms with Gasteiger partial charge in [0.05, 0.1) is 7.11 Å². The summed E-state index contributed by atoms with van der Waals surface area (Å²) in [6.07, 6.45) is 2.62. The first-order valence-corrected chi connectivity index (χ1v) is 18.4. The van der Waals surface area contributed by atoms with Gasteiger partial charge in [-0.25, -0.2) is 9.59 Å². The molecule has 53 heavy (non-hydrogen) atoms. The Bertz CT molecular complexity index is 1650. The van der Waals surface area contributed by atoms with Crippen LogP contribution in [0.2, 0.25) is 0 Å². The van der Waals surface area contributed by atoms with E-state index in [1.54, 1.807) is 20.8 Å². The predicted octanol–water partition coefficient (Wildman–Crippen LogP) is 4.14. The van der Waals surface area contributed by atoms with Crippen LogP contribution >= 0.6 is 0 Å². The normalized spacial score (nSPS) is 22.2. The molecule has 3 saturated heterocycles. The standard InChI is InChI=1S/C38H51N7O8/c1-5-27(42-38(52)53-4)35(48)44-20-6-8-30(44)33(46)39-25-14-10-23(11-15-25)28-18-19-29(41-28)24-12-16-26(17-13-24)40-34(47)31-9-7-21-45(31)36(49)32(22(2)3)43-37(50)51/h10-17,22,27-32,41,43H,5-9,18-21H2,1-4H3,(H,39,46)(H,40,47)(H,42,52)(H,50,51)/t27?,28-,29-,30-,31-,32-/m0/s1. The van der Waals surface area contributed by atoms with E-state index in [0.29, 0.717) is 56.6 Å². The second-order valence-corrected chi connectivity index (χ2v) is 14.2. The fourth-order valence-electron chi connectivity index (χ4n) is 7.49. The van der Waals surface area contributed by atoms with Gasteiger partial charge in [0.25, 0.3) is 0 Å². The molecule has 0 saturated carbocycles. The van der Waals surface area contributed by atoms with Crippen molar-refractivity contribution >= 4 is 47.2 Å². The maximum atomic E-state index is 13.2. The van der Waals surface area contributed by atoms with E-state index in [9.17, 15) is 33.9 Å². The van der Waals surface area contributed by atoms with Crippen molar-refractivity contribution in [2.24, 2.45) is 5.92 Å². The van der Waals surface area contributed by atoms with Crippen LogP contribution in [0.1, 0.15) is 88.9 Å². The molecule has 3 fully saturated rings. The monoisotopic (exact) mass is 733 g/mol. The van der Waals surface area contributed by atoms with Gasteiger partial charge in [-0.1, -0.05) is 45.0 Å². The smallest absolute Gasteiger partial charge is 0.407 e. The summed E-state index contributed by atoms with van der Waals surface area (Å²) in [5, 5.41) is 23.6. The summed E-state index contributed by atoms with van der Waals surface area (Å²) in [5.74, 6) is -1.52. The number of anilines is 2. The van der Waals surface area contributed by atoms with Gasteiger partial charge in [0.1, 0.15) is 24.2 Å². The number of hydrogen-bond acceptors (Lipinski definition) is 8. The fourth-order valence-corrected chi connectivity index (χ4v) is 7.49. The Morgan fingerprint density at radius 3 is 1.64 bits per heavy atom. The van der Waals surface area contributed by atoms with Crippen LogP contribution in [-0.2, 0) is 23.9 Å². The summed E-state index contributed by atoms with van der Waals surface area (Å²) in [5.41, 5.74) is 3.41. The molecule has 0 spiro atoms. The highest BCUT2D eigenvalue weighted by Gasteiger charge is 2.39. The molecule has 2 aromatic rings. The van der Waals surface area contributed by atoms with E-state index < -0.39 is 42.3 Å². The SMILES string of the molecule is CCC(NC(=O)OC)C(=O)N1CCC[C@H]1C(=O)Nc1ccc([C@@H]2CC[C@@H](c3ccc(NC(=O)[C@@H]4CCCN4C(=O)[C@@H](NC(=O)O)C(C)C)cc3)N2)cc1. The zero-order valence-electron chi connectivity index (χ0n) is 30.7. The van der Waals surface area contributed by atoms with E-state index in [2.05, 4.69) is 31.3 Å². The molecule has 15 heteroatoms. The fraction of sp³-hybridized carbons (Fsp3) is 0.526. The van der Waals surface area contributed by atoms with Crippen LogP contribution in [0, 0.1) is 5.92 Å². The lowest BCUT2D eigenvalue weighted by Crippen LogP contribution is -2.54. The second-order valence-electron chi connectivity index (χ2n) is 14.2. The number of nitrogens with one attached hydrogen (secondary N) is 5. The maximum Gasteiger partial charge on any atom is 0.407 e. The molecule has 2 aromatic carbocycles. The van der Waals surface area contributed by atoms with Crippen molar-refractivity contribution in [3.05, 3.63) is 59.7 Å². The van der Waals surface area contributed by atoms with E-state index in [-0.39, 0.29) is 35.7 Å². The van der Waals surface area contributed by atoms with Crippen LogP contribution in [0.4, 0.5) is 21.0 Å². The first-order valence-electron chi connectivity index (χ1n) is 18.4. The van der Waals surface area contributed by atoms with Crippen molar-refractivity contribution < 1.29 is 38.6 Å². The number of rotatable bonds is 12. The highest BCUT2D eigenvalue weighted by Crippen LogP contribution is 2.35. The van der Waals surface area contributed by atoms with Crippen molar-refractivity contribution in [2.75, 3.05) is 30.8 Å². The third-order valence-corrected chi connectivity index (χ3v) is 10.4. The summed E-state index contributed by atoms with van der Waals surface area (Å²) in [4.78, 5) is 78.8. The van der Waals surface area contributed by atoms with Crippen LogP contribution < -0.4 is 26.6 Å². The number of hydrogen-bond donors (Lipinski definition) is 6. The number of ether oxygens (including phenoxy) is 1. The Hall–Kier alpha value is -5.18. The number of carbonyl (C=O) groups is 6. The average molecular weight is 734 g/mol. The van der Waals surface area contributed by atoms with Crippen molar-refractivity contribution in [2.45, 2.75) is 102 Å². The van der Waals surface area contributed by atoms with E-state index in [4.69, 9.17) is 0 Å². The molecule has 5 rings (SSSR count). The quantitative estimate of drug-likeness (QED) is 0.186. The summed E-state index contributed by atoms with van der Waals surface area (Å²) in [7, 11) is 1.24. The second kappa shape index (κ2) is 17.6. The maximum absolute atomic E-state index is 13.2. The summed E-state index contributed by atoms with van der Waals surface area (Å²) in [6.45, 7) is 6.15. The Balaban J connectivity index is 1.12. The van der Waals surface area contributed by atoms with Gasteiger partial charge < -0.3 is 46.2 Å². The molecule has 6 amide bonds.